The number of nitrogens with two attached hydrogens (primary N) is 1. The number of rotatable bonds is 5. The smallest absolute Gasteiger partial charge is 0.320 e. The fourth-order valence-electron chi connectivity index (χ4n) is 1.84. The highest BCUT2D eigenvalue weighted by Gasteiger charge is 2.16. The van der Waals surface area contributed by atoms with Crippen LogP contribution < -0.4 is 5.73 Å². The zero-order valence-electron chi connectivity index (χ0n) is 11.1. The predicted octanol–water partition coefficient (Wildman–Crippen LogP) is -0.0239. The standard InChI is InChI=1S/C11H15ClN6O2/c1-6-8(10(12)17(2)15-6)5-18-4-7(14-16-18)3-9(13)11(19)20/h4,9H,3,5,13H2,1-2H3,(H,19,20). The first-order chi connectivity index (χ1) is 9.38. The Labute approximate surface area is 120 Å². The van der Waals surface area contributed by atoms with Gasteiger partial charge in [0.2, 0.25) is 0 Å². The third-order valence-corrected chi connectivity index (χ3v) is 3.40. The molecule has 0 spiro atoms. The lowest BCUT2D eigenvalue weighted by Gasteiger charge is -2.02. The van der Waals surface area contributed by atoms with Crippen molar-refractivity contribution >= 4 is 17.6 Å². The highest BCUT2D eigenvalue weighted by molar-refractivity contribution is 6.30. The molecule has 2 aromatic heterocycles. The number of carboxylic acids is 1. The van der Waals surface area contributed by atoms with Crippen LogP contribution in [-0.4, -0.2) is 41.9 Å². The number of carbonyl (C=O) groups is 1. The van der Waals surface area contributed by atoms with Gasteiger partial charge >= 0.3 is 5.97 Å². The van der Waals surface area contributed by atoms with Crippen LogP contribution in [0.4, 0.5) is 0 Å². The summed E-state index contributed by atoms with van der Waals surface area (Å²) in [6.45, 7) is 2.28. The van der Waals surface area contributed by atoms with Crippen LogP contribution in [0.2, 0.25) is 5.15 Å². The Balaban J connectivity index is 2.12. The second-order valence-corrected chi connectivity index (χ2v) is 4.89. The summed E-state index contributed by atoms with van der Waals surface area (Å²) in [5, 5.41) is 21.3. The number of hydrogen-bond donors (Lipinski definition) is 2. The van der Waals surface area contributed by atoms with E-state index in [1.165, 1.54) is 0 Å². The van der Waals surface area contributed by atoms with Gasteiger partial charge in [0, 0.05) is 25.2 Å². The lowest BCUT2D eigenvalue weighted by atomic mass is 10.2. The summed E-state index contributed by atoms with van der Waals surface area (Å²) in [6, 6.07) is -0.983. The molecule has 2 aromatic rings. The Morgan fingerprint density at radius 1 is 1.60 bits per heavy atom. The predicted molar refractivity (Wildman–Crippen MR) is 71.4 cm³/mol. The largest absolute Gasteiger partial charge is 0.480 e. The Kier molecular flexibility index (Phi) is 4.05. The van der Waals surface area contributed by atoms with Crippen molar-refractivity contribution in [2.45, 2.75) is 25.9 Å². The first kappa shape index (κ1) is 14.5. The van der Waals surface area contributed by atoms with E-state index in [-0.39, 0.29) is 6.42 Å². The fourth-order valence-corrected chi connectivity index (χ4v) is 2.07. The molecular formula is C11H15ClN6O2. The van der Waals surface area contributed by atoms with Gasteiger partial charge in [-0.1, -0.05) is 16.8 Å². The van der Waals surface area contributed by atoms with E-state index in [9.17, 15) is 4.79 Å². The van der Waals surface area contributed by atoms with Crippen molar-refractivity contribution in [3.8, 4) is 0 Å². The van der Waals surface area contributed by atoms with E-state index in [0.717, 1.165) is 11.3 Å². The van der Waals surface area contributed by atoms with E-state index in [4.69, 9.17) is 22.4 Å². The summed E-state index contributed by atoms with van der Waals surface area (Å²) < 4.78 is 3.17. The first-order valence-electron chi connectivity index (χ1n) is 5.94. The molecule has 0 fully saturated rings. The average molecular weight is 299 g/mol. The molecule has 2 rings (SSSR count). The molecule has 0 aromatic carbocycles. The Bertz CT molecular complexity index is 635. The average Bonchev–Trinajstić information content (AvgIpc) is 2.90. The van der Waals surface area contributed by atoms with Gasteiger partial charge in [0.1, 0.15) is 11.2 Å². The number of nitrogens with zero attached hydrogens (tertiary/aromatic N) is 5. The molecule has 0 saturated carbocycles. The van der Waals surface area contributed by atoms with Crippen molar-refractivity contribution in [3.63, 3.8) is 0 Å². The molecule has 0 amide bonds. The highest BCUT2D eigenvalue weighted by Crippen LogP contribution is 2.19. The molecule has 8 nitrogen and oxygen atoms in total. The third kappa shape index (κ3) is 2.97. The van der Waals surface area contributed by atoms with Gasteiger partial charge < -0.3 is 10.8 Å². The molecule has 108 valence electrons. The quantitative estimate of drug-likeness (QED) is 0.802. The van der Waals surface area contributed by atoms with Crippen molar-refractivity contribution in [3.05, 3.63) is 28.3 Å². The maximum Gasteiger partial charge on any atom is 0.320 e. The van der Waals surface area contributed by atoms with Crippen LogP contribution in [0.5, 0.6) is 0 Å². The van der Waals surface area contributed by atoms with E-state index in [2.05, 4.69) is 15.4 Å². The lowest BCUT2D eigenvalue weighted by Crippen LogP contribution is -2.32. The molecule has 9 heteroatoms. The summed E-state index contributed by atoms with van der Waals surface area (Å²) in [7, 11) is 1.76. The molecule has 2 heterocycles. The molecule has 3 N–H and O–H groups in total. The van der Waals surface area contributed by atoms with Gasteiger partial charge in [0.25, 0.3) is 0 Å². The van der Waals surface area contributed by atoms with Gasteiger partial charge in [-0.15, -0.1) is 5.10 Å². The van der Waals surface area contributed by atoms with E-state index in [1.54, 1.807) is 22.6 Å². The Morgan fingerprint density at radius 2 is 2.30 bits per heavy atom. The van der Waals surface area contributed by atoms with Crippen LogP contribution in [0.3, 0.4) is 0 Å². The Morgan fingerprint density at radius 3 is 2.85 bits per heavy atom. The van der Waals surface area contributed by atoms with Crippen molar-refractivity contribution in [2.24, 2.45) is 12.8 Å². The van der Waals surface area contributed by atoms with E-state index in [0.29, 0.717) is 17.4 Å². The van der Waals surface area contributed by atoms with Crippen molar-refractivity contribution in [1.82, 2.24) is 24.8 Å². The fraction of sp³-hybridized carbons (Fsp3) is 0.455. The minimum absolute atomic E-state index is 0.134. The van der Waals surface area contributed by atoms with E-state index < -0.39 is 12.0 Å². The second-order valence-electron chi connectivity index (χ2n) is 4.53. The molecule has 0 saturated heterocycles. The second kappa shape index (κ2) is 5.59. The topological polar surface area (TPSA) is 112 Å². The molecule has 20 heavy (non-hydrogen) atoms. The van der Waals surface area contributed by atoms with Crippen LogP contribution in [0.15, 0.2) is 6.20 Å². The number of carboxylic acid groups (broad SMARTS) is 1. The Hall–Kier alpha value is -1.93. The number of hydrogen-bond acceptors (Lipinski definition) is 5. The summed E-state index contributed by atoms with van der Waals surface area (Å²) in [4.78, 5) is 10.7. The van der Waals surface area contributed by atoms with Crippen LogP contribution in [0.25, 0.3) is 0 Å². The molecular weight excluding hydrogens is 284 g/mol. The van der Waals surface area contributed by atoms with Gasteiger partial charge in [-0.25, -0.2) is 4.68 Å². The lowest BCUT2D eigenvalue weighted by molar-refractivity contribution is -0.138. The first-order valence-corrected chi connectivity index (χ1v) is 6.31. The molecule has 0 aliphatic heterocycles. The van der Waals surface area contributed by atoms with Crippen molar-refractivity contribution < 1.29 is 9.90 Å². The van der Waals surface area contributed by atoms with Gasteiger partial charge in [0.15, 0.2) is 0 Å². The molecule has 0 aliphatic rings. The maximum absolute atomic E-state index is 10.7. The highest BCUT2D eigenvalue weighted by atomic mass is 35.5. The van der Waals surface area contributed by atoms with Crippen LogP contribution in [0, 0.1) is 6.92 Å². The third-order valence-electron chi connectivity index (χ3n) is 2.92. The number of halogens is 1. The van der Waals surface area contributed by atoms with Gasteiger partial charge in [-0.05, 0) is 6.92 Å². The maximum atomic E-state index is 10.7. The summed E-state index contributed by atoms with van der Waals surface area (Å²) in [5.41, 5.74) is 7.65. The van der Waals surface area contributed by atoms with E-state index >= 15 is 0 Å². The summed E-state index contributed by atoms with van der Waals surface area (Å²) >= 11 is 6.14. The zero-order chi connectivity index (χ0) is 14.9. The molecule has 0 bridgehead atoms. The van der Waals surface area contributed by atoms with Gasteiger partial charge in [-0.3, -0.25) is 9.48 Å². The van der Waals surface area contributed by atoms with Crippen LogP contribution in [-0.2, 0) is 24.8 Å². The normalized spacial score (nSPS) is 12.6. The number of aryl methyl sites for hydroxylation is 2. The number of aliphatic carboxylic acids is 1. The van der Waals surface area contributed by atoms with Gasteiger partial charge in [0.05, 0.1) is 17.9 Å². The number of aromatic nitrogens is 5. The molecule has 0 aliphatic carbocycles. The molecule has 1 atom stereocenters. The SMILES string of the molecule is Cc1nn(C)c(Cl)c1Cn1cc(CC(N)C(=O)O)nn1. The van der Waals surface area contributed by atoms with E-state index in [1.807, 2.05) is 6.92 Å². The minimum atomic E-state index is -1.06. The van der Waals surface area contributed by atoms with Crippen LogP contribution >= 0.6 is 11.6 Å². The monoisotopic (exact) mass is 298 g/mol. The summed E-state index contributed by atoms with van der Waals surface area (Å²) in [5.74, 6) is -1.06. The minimum Gasteiger partial charge on any atom is -0.480 e. The van der Waals surface area contributed by atoms with Crippen molar-refractivity contribution in [1.29, 1.82) is 0 Å². The molecule has 0 radical (unpaired) electrons. The summed E-state index contributed by atoms with van der Waals surface area (Å²) in [6.07, 6.45) is 1.79. The zero-order valence-corrected chi connectivity index (χ0v) is 11.9. The van der Waals surface area contributed by atoms with Gasteiger partial charge in [-0.2, -0.15) is 5.10 Å². The van der Waals surface area contributed by atoms with Crippen LogP contribution in [0.1, 0.15) is 17.0 Å². The van der Waals surface area contributed by atoms with Crippen molar-refractivity contribution in [2.75, 3.05) is 0 Å². The molecule has 1 unspecified atom stereocenters.